The van der Waals surface area contributed by atoms with Gasteiger partial charge in [-0.25, -0.2) is 0 Å². The predicted octanol–water partition coefficient (Wildman–Crippen LogP) is 3.34. The van der Waals surface area contributed by atoms with Crippen molar-refractivity contribution < 1.29 is 13.2 Å². The van der Waals surface area contributed by atoms with Crippen LogP contribution in [-0.2, 0) is 12.7 Å². The van der Waals surface area contributed by atoms with Crippen LogP contribution in [0.2, 0.25) is 0 Å². The number of nitrogens with one attached hydrogen (secondary N) is 1. The van der Waals surface area contributed by atoms with Gasteiger partial charge in [-0.2, -0.15) is 13.2 Å². The minimum Gasteiger partial charge on any atom is -0.317 e. The van der Waals surface area contributed by atoms with Crippen LogP contribution in [0.25, 0.3) is 0 Å². The SMILES string of the molecule is CN(Cc1ccc(C(F)(F)F)s1)C1CCCNCC1. The molecule has 1 aromatic rings. The van der Waals surface area contributed by atoms with Gasteiger partial charge in [-0.3, -0.25) is 4.90 Å². The van der Waals surface area contributed by atoms with Crippen molar-refractivity contribution in [2.24, 2.45) is 0 Å². The molecule has 1 aromatic heterocycles. The third-order valence-electron chi connectivity index (χ3n) is 3.51. The normalized spacial score (nSPS) is 21.6. The first-order valence-corrected chi connectivity index (χ1v) is 7.35. The molecule has 1 atom stereocenters. The van der Waals surface area contributed by atoms with Crippen LogP contribution in [0.15, 0.2) is 12.1 Å². The molecule has 2 nitrogen and oxygen atoms in total. The molecule has 1 fully saturated rings. The highest BCUT2D eigenvalue weighted by atomic mass is 32.1. The first-order chi connectivity index (χ1) is 8.97. The molecule has 1 aliphatic heterocycles. The summed E-state index contributed by atoms with van der Waals surface area (Å²) in [6.45, 7) is 2.64. The van der Waals surface area contributed by atoms with E-state index in [1.807, 2.05) is 7.05 Å². The number of alkyl halides is 3. The molecule has 19 heavy (non-hydrogen) atoms. The Labute approximate surface area is 115 Å². The van der Waals surface area contributed by atoms with Gasteiger partial charge in [0.1, 0.15) is 4.88 Å². The molecule has 0 radical (unpaired) electrons. The summed E-state index contributed by atoms with van der Waals surface area (Å²) in [4.78, 5) is 2.46. The molecule has 108 valence electrons. The molecule has 6 heteroatoms. The average Bonchev–Trinajstić information content (AvgIpc) is 2.63. The van der Waals surface area contributed by atoms with Crippen molar-refractivity contribution in [2.75, 3.05) is 20.1 Å². The second kappa shape index (κ2) is 6.24. The Morgan fingerprint density at radius 1 is 1.32 bits per heavy atom. The maximum absolute atomic E-state index is 12.5. The molecule has 0 saturated carbocycles. The van der Waals surface area contributed by atoms with Crippen molar-refractivity contribution in [1.82, 2.24) is 10.2 Å². The molecule has 2 heterocycles. The first-order valence-electron chi connectivity index (χ1n) is 6.53. The Morgan fingerprint density at radius 3 is 2.79 bits per heavy atom. The lowest BCUT2D eigenvalue weighted by Crippen LogP contribution is -2.31. The number of thiophene rings is 1. The van der Waals surface area contributed by atoms with E-state index in [9.17, 15) is 13.2 Å². The van der Waals surface area contributed by atoms with Crippen molar-refractivity contribution in [3.05, 3.63) is 21.9 Å². The molecular formula is C13H19F3N2S. The van der Waals surface area contributed by atoms with Gasteiger partial charge in [0, 0.05) is 17.5 Å². The molecule has 0 spiro atoms. The zero-order chi connectivity index (χ0) is 13.9. The van der Waals surface area contributed by atoms with Crippen LogP contribution in [0.1, 0.15) is 29.0 Å². The predicted molar refractivity (Wildman–Crippen MR) is 71.3 cm³/mol. The minimum absolute atomic E-state index is 0.464. The number of hydrogen-bond acceptors (Lipinski definition) is 3. The summed E-state index contributed by atoms with van der Waals surface area (Å²) in [6, 6.07) is 3.24. The van der Waals surface area contributed by atoms with Crippen molar-refractivity contribution in [2.45, 2.75) is 38.0 Å². The maximum atomic E-state index is 12.5. The van der Waals surface area contributed by atoms with Gasteiger partial charge in [-0.1, -0.05) is 0 Å². The van der Waals surface area contributed by atoms with Crippen molar-refractivity contribution >= 4 is 11.3 Å². The molecule has 1 N–H and O–H groups in total. The lowest BCUT2D eigenvalue weighted by molar-refractivity contribution is -0.134. The highest BCUT2D eigenvalue weighted by molar-refractivity contribution is 7.12. The van der Waals surface area contributed by atoms with E-state index in [1.54, 1.807) is 6.07 Å². The number of hydrogen-bond donors (Lipinski definition) is 1. The highest BCUT2D eigenvalue weighted by Gasteiger charge is 2.32. The number of nitrogens with zero attached hydrogens (tertiary/aromatic N) is 1. The van der Waals surface area contributed by atoms with Gasteiger partial charge in [0.15, 0.2) is 0 Å². The van der Waals surface area contributed by atoms with Crippen LogP contribution in [0.3, 0.4) is 0 Å². The molecule has 0 bridgehead atoms. The summed E-state index contributed by atoms with van der Waals surface area (Å²) < 4.78 is 37.6. The Balaban J connectivity index is 1.94. The number of rotatable bonds is 3. The van der Waals surface area contributed by atoms with Crippen LogP contribution in [-0.4, -0.2) is 31.1 Å². The van der Waals surface area contributed by atoms with Crippen LogP contribution in [0.5, 0.6) is 0 Å². The summed E-state index contributed by atoms with van der Waals surface area (Å²) in [5.41, 5.74) is 0. The van der Waals surface area contributed by atoms with Gasteiger partial charge < -0.3 is 5.32 Å². The minimum atomic E-state index is -4.21. The molecule has 1 aliphatic rings. The first kappa shape index (κ1) is 14.8. The lowest BCUT2D eigenvalue weighted by Gasteiger charge is -2.26. The van der Waals surface area contributed by atoms with Crippen LogP contribution in [0, 0.1) is 0 Å². The van der Waals surface area contributed by atoms with Gasteiger partial charge in [0.2, 0.25) is 0 Å². The Morgan fingerprint density at radius 2 is 2.11 bits per heavy atom. The standard InChI is InChI=1S/C13H19F3N2S/c1-18(10-3-2-7-17-8-6-10)9-11-4-5-12(19-11)13(14,15)16/h4-5,10,17H,2-3,6-9H2,1H3. The average molecular weight is 292 g/mol. The Hall–Kier alpha value is -0.590. The van der Waals surface area contributed by atoms with Crippen molar-refractivity contribution in [1.29, 1.82) is 0 Å². The number of halogens is 3. The Kier molecular flexibility index (Phi) is 4.86. The quantitative estimate of drug-likeness (QED) is 0.919. The molecule has 0 aromatic carbocycles. The largest absolute Gasteiger partial charge is 0.425 e. The zero-order valence-corrected chi connectivity index (χ0v) is 11.8. The molecule has 1 unspecified atom stereocenters. The van der Waals surface area contributed by atoms with E-state index < -0.39 is 11.1 Å². The summed E-state index contributed by atoms with van der Waals surface area (Å²) in [5, 5.41) is 3.35. The summed E-state index contributed by atoms with van der Waals surface area (Å²) in [7, 11) is 2.00. The fourth-order valence-corrected chi connectivity index (χ4v) is 3.37. The fraction of sp³-hybridized carbons (Fsp3) is 0.692. The smallest absolute Gasteiger partial charge is 0.317 e. The van der Waals surface area contributed by atoms with Gasteiger partial charge in [-0.05, 0) is 51.5 Å². The topological polar surface area (TPSA) is 15.3 Å². The van der Waals surface area contributed by atoms with E-state index in [2.05, 4.69) is 10.2 Å². The zero-order valence-electron chi connectivity index (χ0n) is 11.0. The maximum Gasteiger partial charge on any atom is 0.425 e. The molecule has 2 rings (SSSR count). The second-order valence-corrected chi connectivity index (χ2v) is 6.18. The third kappa shape index (κ3) is 4.19. The monoisotopic (exact) mass is 292 g/mol. The third-order valence-corrected chi connectivity index (χ3v) is 4.63. The molecule has 0 amide bonds. The molecule has 0 aliphatic carbocycles. The second-order valence-electron chi connectivity index (χ2n) is 5.01. The van der Waals surface area contributed by atoms with Crippen LogP contribution < -0.4 is 5.32 Å². The van der Waals surface area contributed by atoms with Crippen LogP contribution >= 0.6 is 11.3 Å². The van der Waals surface area contributed by atoms with Crippen molar-refractivity contribution in [3.8, 4) is 0 Å². The summed E-state index contributed by atoms with van der Waals surface area (Å²) in [5.74, 6) is 0. The van der Waals surface area contributed by atoms with E-state index in [1.165, 1.54) is 6.07 Å². The van der Waals surface area contributed by atoms with E-state index in [0.717, 1.165) is 48.6 Å². The van der Waals surface area contributed by atoms with E-state index in [0.29, 0.717) is 12.6 Å². The lowest BCUT2D eigenvalue weighted by atomic mass is 10.1. The van der Waals surface area contributed by atoms with Gasteiger partial charge in [-0.15, -0.1) is 11.3 Å². The van der Waals surface area contributed by atoms with E-state index >= 15 is 0 Å². The van der Waals surface area contributed by atoms with E-state index in [-0.39, 0.29) is 0 Å². The van der Waals surface area contributed by atoms with E-state index in [4.69, 9.17) is 0 Å². The van der Waals surface area contributed by atoms with Crippen LogP contribution in [0.4, 0.5) is 13.2 Å². The van der Waals surface area contributed by atoms with Gasteiger partial charge >= 0.3 is 6.18 Å². The summed E-state index contributed by atoms with van der Waals surface area (Å²) in [6.07, 6.45) is -0.907. The summed E-state index contributed by atoms with van der Waals surface area (Å²) >= 11 is 0.855. The highest BCUT2D eigenvalue weighted by Crippen LogP contribution is 2.35. The van der Waals surface area contributed by atoms with Crippen molar-refractivity contribution in [3.63, 3.8) is 0 Å². The van der Waals surface area contributed by atoms with Gasteiger partial charge in [0.25, 0.3) is 0 Å². The molecule has 1 saturated heterocycles. The molecular weight excluding hydrogens is 273 g/mol. The Bertz CT molecular complexity index is 395. The van der Waals surface area contributed by atoms with Gasteiger partial charge in [0.05, 0.1) is 0 Å². The fourth-order valence-electron chi connectivity index (χ4n) is 2.43.